The van der Waals surface area contributed by atoms with Crippen LogP contribution in [0.1, 0.15) is 12.5 Å². The number of fused-ring (bicyclic) bond motifs is 3. The maximum absolute atomic E-state index is 10.8. The van der Waals surface area contributed by atoms with Gasteiger partial charge in [0.05, 0.1) is 12.6 Å². The highest BCUT2D eigenvalue weighted by Crippen LogP contribution is 2.31. The average Bonchev–Trinajstić information content (AvgIpc) is 2.98. The Morgan fingerprint density at radius 3 is 2.14 bits per heavy atom. The van der Waals surface area contributed by atoms with E-state index in [-0.39, 0.29) is 0 Å². The zero-order valence-electron chi connectivity index (χ0n) is 15.6. The summed E-state index contributed by atoms with van der Waals surface area (Å²) in [4.78, 5) is 0. The molecular weight excluding hydrogens is 574 g/mol. The van der Waals surface area contributed by atoms with Gasteiger partial charge in [0.15, 0.2) is 0 Å². The molecule has 0 saturated heterocycles. The number of anilines is 1. The van der Waals surface area contributed by atoms with Crippen molar-refractivity contribution < 1.29 is 5.11 Å². The number of aromatic nitrogens is 1. The van der Waals surface area contributed by atoms with Crippen LogP contribution in [0.5, 0.6) is 0 Å². The van der Waals surface area contributed by atoms with Crippen molar-refractivity contribution in [3.8, 4) is 0 Å². The van der Waals surface area contributed by atoms with E-state index in [1.165, 1.54) is 34.5 Å². The van der Waals surface area contributed by atoms with E-state index in [4.69, 9.17) is 0 Å². The summed E-state index contributed by atoms with van der Waals surface area (Å²) in [6.45, 7) is 3.23. The molecule has 0 saturated carbocycles. The first-order chi connectivity index (χ1) is 13.6. The number of rotatable bonds is 6. The monoisotopic (exact) mass is 596 g/mol. The number of hydrogen-bond acceptors (Lipinski definition) is 2. The number of para-hydroxylation sites is 1. The van der Waals surface area contributed by atoms with Crippen LogP contribution >= 0.6 is 45.2 Å². The summed E-state index contributed by atoms with van der Waals surface area (Å²) in [5.41, 5.74) is 4.72. The molecule has 4 aromatic rings. The minimum atomic E-state index is -0.484. The van der Waals surface area contributed by atoms with E-state index in [0.717, 1.165) is 12.1 Å². The quantitative estimate of drug-likeness (QED) is 0.267. The molecule has 0 bridgehead atoms. The van der Waals surface area contributed by atoms with Crippen LogP contribution < -0.4 is 5.32 Å². The summed E-state index contributed by atoms with van der Waals surface area (Å²) in [5.74, 6) is 0. The summed E-state index contributed by atoms with van der Waals surface area (Å²) in [7, 11) is 0. The Bertz CT molecular complexity index is 1080. The van der Waals surface area contributed by atoms with Crippen LogP contribution in [0.3, 0.4) is 0 Å². The molecule has 1 heterocycles. The molecule has 5 heteroatoms. The van der Waals surface area contributed by atoms with Crippen molar-refractivity contribution in [1.29, 1.82) is 0 Å². The molecule has 0 radical (unpaired) electrons. The van der Waals surface area contributed by atoms with Crippen molar-refractivity contribution in [3.63, 3.8) is 0 Å². The first-order valence-corrected chi connectivity index (χ1v) is 11.6. The molecule has 0 fully saturated rings. The normalized spacial score (nSPS) is 12.6. The molecule has 4 rings (SSSR count). The molecule has 2 N–H and O–H groups in total. The minimum Gasteiger partial charge on any atom is -0.389 e. The van der Waals surface area contributed by atoms with Gasteiger partial charge in [0.25, 0.3) is 0 Å². The van der Waals surface area contributed by atoms with Crippen molar-refractivity contribution in [1.82, 2.24) is 4.57 Å². The van der Waals surface area contributed by atoms with Crippen LogP contribution in [0.15, 0.2) is 60.7 Å². The summed E-state index contributed by atoms with van der Waals surface area (Å²) < 4.78 is 4.69. The Morgan fingerprint density at radius 1 is 0.929 bits per heavy atom. The summed E-state index contributed by atoms with van der Waals surface area (Å²) >= 11 is 4.72. The zero-order valence-corrected chi connectivity index (χ0v) is 19.9. The van der Waals surface area contributed by atoms with Crippen LogP contribution in [-0.2, 0) is 13.0 Å². The molecule has 3 nitrogen and oxygen atoms in total. The van der Waals surface area contributed by atoms with Crippen LogP contribution in [0.25, 0.3) is 21.8 Å². The van der Waals surface area contributed by atoms with Crippen molar-refractivity contribution in [2.75, 3.05) is 11.9 Å². The fourth-order valence-corrected chi connectivity index (χ4v) is 4.73. The van der Waals surface area contributed by atoms with Crippen molar-refractivity contribution in [2.45, 2.75) is 26.0 Å². The number of nitrogens with one attached hydrogen (secondary N) is 1. The summed E-state index contributed by atoms with van der Waals surface area (Å²) in [6, 6.07) is 21.3. The van der Waals surface area contributed by atoms with Crippen LogP contribution in [0.2, 0.25) is 0 Å². The van der Waals surface area contributed by atoms with Crippen LogP contribution in [-0.4, -0.2) is 22.3 Å². The lowest BCUT2D eigenvalue weighted by atomic mass is 10.1. The summed E-state index contributed by atoms with van der Waals surface area (Å²) in [5, 5.41) is 16.7. The average molecular weight is 596 g/mol. The highest BCUT2D eigenvalue weighted by Gasteiger charge is 2.15. The third kappa shape index (κ3) is 4.02. The van der Waals surface area contributed by atoms with Gasteiger partial charge in [-0.3, -0.25) is 0 Å². The molecule has 0 amide bonds. The van der Waals surface area contributed by atoms with E-state index in [9.17, 15) is 5.11 Å². The number of hydrogen-bond donors (Lipinski definition) is 2. The molecule has 0 aliphatic heterocycles. The fraction of sp³-hybridized carbons (Fsp3) is 0.217. The van der Waals surface area contributed by atoms with Gasteiger partial charge in [-0.2, -0.15) is 0 Å². The number of aryl methyl sites for hydroxylation is 1. The van der Waals surface area contributed by atoms with E-state index in [1.807, 2.05) is 6.07 Å². The molecule has 0 spiro atoms. The number of aliphatic hydroxyl groups is 1. The molecule has 1 aromatic heterocycles. The van der Waals surface area contributed by atoms with Crippen LogP contribution in [0, 0.1) is 7.14 Å². The Balaban J connectivity index is 1.63. The van der Waals surface area contributed by atoms with Gasteiger partial charge in [-0.25, -0.2) is 0 Å². The van der Waals surface area contributed by atoms with Crippen LogP contribution in [0.4, 0.5) is 5.69 Å². The number of nitrogens with zero attached hydrogens (tertiary/aromatic N) is 1. The van der Waals surface area contributed by atoms with Crippen molar-refractivity contribution in [2.24, 2.45) is 0 Å². The highest BCUT2D eigenvalue weighted by atomic mass is 127. The second-order valence-electron chi connectivity index (χ2n) is 6.98. The molecule has 28 heavy (non-hydrogen) atoms. The third-order valence-corrected chi connectivity index (χ3v) is 6.45. The summed E-state index contributed by atoms with van der Waals surface area (Å²) in [6.07, 6.45) is 0.492. The second kappa shape index (κ2) is 8.59. The SMILES string of the molecule is CCc1ccccc1NCC(O)Cn1c2ccc(I)cc2c2cc(I)ccc21. The lowest BCUT2D eigenvalue weighted by Gasteiger charge is -2.17. The predicted octanol–water partition coefficient (Wildman–Crippen LogP) is 6.04. The van der Waals surface area contributed by atoms with Gasteiger partial charge < -0.3 is 15.0 Å². The smallest absolute Gasteiger partial charge is 0.0891 e. The molecule has 0 aliphatic carbocycles. The lowest BCUT2D eigenvalue weighted by Crippen LogP contribution is -2.25. The predicted molar refractivity (Wildman–Crippen MR) is 135 cm³/mol. The molecule has 1 unspecified atom stereocenters. The van der Waals surface area contributed by atoms with Gasteiger partial charge in [-0.1, -0.05) is 25.1 Å². The maximum Gasteiger partial charge on any atom is 0.0891 e. The first-order valence-electron chi connectivity index (χ1n) is 9.43. The second-order valence-corrected chi connectivity index (χ2v) is 9.47. The molecule has 144 valence electrons. The largest absolute Gasteiger partial charge is 0.389 e. The van der Waals surface area contributed by atoms with E-state index in [1.54, 1.807) is 0 Å². The van der Waals surface area contributed by atoms with E-state index in [0.29, 0.717) is 13.1 Å². The Morgan fingerprint density at radius 2 is 1.54 bits per heavy atom. The van der Waals surface area contributed by atoms with Gasteiger partial charge in [-0.05, 0) is 99.6 Å². The maximum atomic E-state index is 10.8. The van der Waals surface area contributed by atoms with E-state index >= 15 is 0 Å². The molecule has 0 aliphatic rings. The first kappa shape index (κ1) is 20.0. The van der Waals surface area contributed by atoms with Gasteiger partial charge in [0, 0.05) is 41.2 Å². The van der Waals surface area contributed by atoms with Gasteiger partial charge >= 0.3 is 0 Å². The van der Waals surface area contributed by atoms with E-state index < -0.39 is 6.10 Å². The standard InChI is InChI=1S/C23H22I2N2O/c1-2-15-5-3-4-6-21(15)26-13-18(28)14-27-22-9-7-16(24)11-19(22)20-12-17(25)8-10-23(20)27/h3-12,18,26,28H,2,13-14H2,1H3. The number of benzene rings is 3. The number of aliphatic hydroxyl groups excluding tert-OH is 1. The Hall–Kier alpha value is -1.32. The fourth-order valence-electron chi connectivity index (χ4n) is 3.75. The van der Waals surface area contributed by atoms with E-state index in [2.05, 4.69) is 117 Å². The lowest BCUT2D eigenvalue weighted by molar-refractivity contribution is 0.169. The zero-order chi connectivity index (χ0) is 19.7. The topological polar surface area (TPSA) is 37.2 Å². The van der Waals surface area contributed by atoms with Crippen molar-refractivity contribution >= 4 is 72.7 Å². The Kier molecular flexibility index (Phi) is 6.13. The number of halogens is 2. The minimum absolute atomic E-state index is 0.484. The van der Waals surface area contributed by atoms with Gasteiger partial charge in [0.1, 0.15) is 0 Å². The van der Waals surface area contributed by atoms with Crippen molar-refractivity contribution in [3.05, 3.63) is 73.4 Å². The van der Waals surface area contributed by atoms with Gasteiger partial charge in [0.2, 0.25) is 0 Å². The molecule has 1 atom stereocenters. The third-order valence-electron chi connectivity index (χ3n) is 5.11. The Labute approximate surface area is 192 Å². The molecule has 3 aromatic carbocycles. The van der Waals surface area contributed by atoms with Gasteiger partial charge in [-0.15, -0.1) is 0 Å². The highest BCUT2D eigenvalue weighted by molar-refractivity contribution is 14.1. The molecular formula is C23H22I2N2O.